The summed E-state index contributed by atoms with van der Waals surface area (Å²) in [7, 11) is 0. The maximum absolute atomic E-state index is 11.9. The summed E-state index contributed by atoms with van der Waals surface area (Å²) in [5.41, 5.74) is 0. The van der Waals surface area contributed by atoms with Gasteiger partial charge in [-0.1, -0.05) is 0 Å². The summed E-state index contributed by atoms with van der Waals surface area (Å²) in [6.07, 6.45) is 0. The summed E-state index contributed by atoms with van der Waals surface area (Å²) in [5, 5.41) is 3.20. The van der Waals surface area contributed by atoms with Crippen LogP contribution < -0.4 is 4.30 Å². The van der Waals surface area contributed by atoms with Crippen LogP contribution in [0.2, 0.25) is 0 Å². The summed E-state index contributed by atoms with van der Waals surface area (Å²) < 4.78 is 1.49. The number of hydrogen-bond donors (Lipinski definition) is 0. The third-order valence-corrected chi connectivity index (χ3v) is 4.59. The van der Waals surface area contributed by atoms with E-state index in [1.807, 2.05) is 36.4 Å². The topological polar surface area (TPSA) is 17.1 Å². The summed E-state index contributed by atoms with van der Waals surface area (Å²) in [6, 6.07) is 16.1. The normalized spacial score (nSPS) is 10.9. The molecule has 0 spiro atoms. The molecule has 0 bridgehead atoms. The Hall–Kier alpha value is -1.37. The molecule has 0 N–H and O–H groups in total. The molecule has 3 rings (SSSR count). The standard InChI is InChI=1S/C13H8OSe/c14-13-11-7-2-1-5-9(11)10-6-3-4-8-12(10)15-13/h1-8H. The van der Waals surface area contributed by atoms with Crippen LogP contribution in [-0.2, 0) is 0 Å². The SMILES string of the molecule is O=c1[se]c2ccccc2c2ccccc12. The van der Waals surface area contributed by atoms with Gasteiger partial charge in [0.25, 0.3) is 0 Å². The van der Waals surface area contributed by atoms with Gasteiger partial charge < -0.3 is 0 Å². The second-order valence-electron chi connectivity index (χ2n) is 3.43. The minimum atomic E-state index is -0.0506. The third kappa shape index (κ3) is 1.34. The van der Waals surface area contributed by atoms with Crippen molar-refractivity contribution in [1.82, 2.24) is 0 Å². The van der Waals surface area contributed by atoms with Crippen molar-refractivity contribution in [3.8, 4) is 0 Å². The van der Waals surface area contributed by atoms with Gasteiger partial charge in [0.15, 0.2) is 0 Å². The molecule has 1 aromatic heterocycles. The molecule has 15 heavy (non-hydrogen) atoms. The van der Waals surface area contributed by atoms with Gasteiger partial charge in [-0.25, -0.2) is 0 Å². The molecule has 0 amide bonds. The molecule has 0 radical (unpaired) electrons. The molecular weight excluding hydrogens is 251 g/mol. The second kappa shape index (κ2) is 3.34. The first-order valence-electron chi connectivity index (χ1n) is 4.77. The summed E-state index contributed by atoms with van der Waals surface area (Å²) in [6.45, 7) is 0. The molecule has 0 aliphatic heterocycles. The fraction of sp³-hybridized carbons (Fsp3) is 0. The number of benzene rings is 2. The second-order valence-corrected chi connectivity index (χ2v) is 5.56. The summed E-state index contributed by atoms with van der Waals surface area (Å²) >= 11 is -0.0506. The fourth-order valence-corrected chi connectivity index (χ4v) is 3.76. The van der Waals surface area contributed by atoms with Gasteiger partial charge in [0.1, 0.15) is 0 Å². The first kappa shape index (κ1) is 8.90. The quantitative estimate of drug-likeness (QED) is 0.447. The van der Waals surface area contributed by atoms with Gasteiger partial charge in [-0.05, 0) is 0 Å². The molecule has 72 valence electrons. The van der Waals surface area contributed by atoms with Gasteiger partial charge in [-0.2, -0.15) is 0 Å². The van der Waals surface area contributed by atoms with Crippen molar-refractivity contribution in [2.75, 3.05) is 0 Å². The Bertz CT molecular complexity index is 697. The van der Waals surface area contributed by atoms with E-state index in [2.05, 4.69) is 12.1 Å². The molecule has 0 aliphatic carbocycles. The Morgan fingerprint density at radius 2 is 1.33 bits per heavy atom. The van der Waals surface area contributed by atoms with Gasteiger partial charge in [0.05, 0.1) is 0 Å². The monoisotopic (exact) mass is 260 g/mol. The molecule has 0 saturated carbocycles. The van der Waals surface area contributed by atoms with Crippen LogP contribution in [0.1, 0.15) is 0 Å². The predicted molar refractivity (Wildman–Crippen MR) is 64.7 cm³/mol. The molecular formula is C13H8OSe. The summed E-state index contributed by atoms with van der Waals surface area (Å²) in [4.78, 5) is 11.9. The Balaban J connectivity index is 2.70. The molecule has 2 heteroatoms. The van der Waals surface area contributed by atoms with Crippen LogP contribution in [-0.4, -0.2) is 14.5 Å². The van der Waals surface area contributed by atoms with Gasteiger partial charge in [-0.3, -0.25) is 0 Å². The van der Waals surface area contributed by atoms with Crippen molar-refractivity contribution in [3.05, 3.63) is 57.6 Å². The van der Waals surface area contributed by atoms with E-state index in [0.717, 1.165) is 10.8 Å². The third-order valence-electron chi connectivity index (χ3n) is 2.53. The molecule has 3 aromatic rings. The number of hydrogen-bond acceptors (Lipinski definition) is 1. The van der Waals surface area contributed by atoms with Crippen molar-refractivity contribution < 1.29 is 0 Å². The zero-order valence-electron chi connectivity index (χ0n) is 7.94. The summed E-state index contributed by atoms with van der Waals surface area (Å²) in [5.74, 6) is 0. The average Bonchev–Trinajstić information content (AvgIpc) is 2.30. The Morgan fingerprint density at radius 3 is 2.13 bits per heavy atom. The van der Waals surface area contributed by atoms with E-state index in [1.165, 1.54) is 9.65 Å². The van der Waals surface area contributed by atoms with Crippen LogP contribution in [0.5, 0.6) is 0 Å². The Labute approximate surface area is 92.7 Å². The molecule has 0 saturated heterocycles. The van der Waals surface area contributed by atoms with Crippen molar-refractivity contribution >= 4 is 34.9 Å². The van der Waals surface area contributed by atoms with Crippen molar-refractivity contribution in [1.29, 1.82) is 0 Å². The maximum atomic E-state index is 11.9. The van der Waals surface area contributed by atoms with Gasteiger partial charge >= 0.3 is 92.6 Å². The van der Waals surface area contributed by atoms with Crippen LogP contribution >= 0.6 is 0 Å². The van der Waals surface area contributed by atoms with Crippen molar-refractivity contribution in [3.63, 3.8) is 0 Å². The minimum absolute atomic E-state index is 0.0506. The molecule has 0 atom stereocenters. The first-order valence-corrected chi connectivity index (χ1v) is 6.48. The van der Waals surface area contributed by atoms with Gasteiger partial charge in [-0.15, -0.1) is 0 Å². The van der Waals surface area contributed by atoms with E-state index in [0.29, 0.717) is 0 Å². The van der Waals surface area contributed by atoms with Crippen molar-refractivity contribution in [2.24, 2.45) is 0 Å². The van der Waals surface area contributed by atoms with Crippen molar-refractivity contribution in [2.45, 2.75) is 0 Å². The Morgan fingerprint density at radius 1 is 0.733 bits per heavy atom. The molecule has 0 fully saturated rings. The Kier molecular flexibility index (Phi) is 1.98. The van der Waals surface area contributed by atoms with E-state index in [-0.39, 0.29) is 18.8 Å². The zero-order chi connectivity index (χ0) is 10.3. The van der Waals surface area contributed by atoms with Gasteiger partial charge in [0.2, 0.25) is 0 Å². The molecule has 0 aliphatic rings. The van der Waals surface area contributed by atoms with Gasteiger partial charge in [0, 0.05) is 0 Å². The van der Waals surface area contributed by atoms with Crippen LogP contribution in [0, 0.1) is 0 Å². The average molecular weight is 259 g/mol. The number of rotatable bonds is 0. The molecule has 2 aromatic carbocycles. The zero-order valence-corrected chi connectivity index (χ0v) is 9.65. The number of fused-ring (bicyclic) bond motifs is 3. The van der Waals surface area contributed by atoms with E-state index in [1.54, 1.807) is 0 Å². The van der Waals surface area contributed by atoms with Crippen LogP contribution in [0.25, 0.3) is 20.4 Å². The van der Waals surface area contributed by atoms with E-state index in [4.69, 9.17) is 0 Å². The fourth-order valence-electron chi connectivity index (χ4n) is 1.83. The first-order chi connectivity index (χ1) is 7.36. The molecule has 1 heterocycles. The van der Waals surface area contributed by atoms with Crippen LogP contribution in [0.3, 0.4) is 0 Å². The van der Waals surface area contributed by atoms with E-state index in [9.17, 15) is 4.79 Å². The molecule has 0 unspecified atom stereocenters. The van der Waals surface area contributed by atoms with E-state index < -0.39 is 0 Å². The van der Waals surface area contributed by atoms with Crippen LogP contribution in [0.15, 0.2) is 53.3 Å². The van der Waals surface area contributed by atoms with Crippen LogP contribution in [0.4, 0.5) is 0 Å². The molecule has 1 nitrogen and oxygen atoms in total. The predicted octanol–water partition coefficient (Wildman–Crippen LogP) is 2.41. The van der Waals surface area contributed by atoms with E-state index >= 15 is 0 Å².